The van der Waals surface area contributed by atoms with Crippen LogP contribution in [0.2, 0.25) is 0 Å². The molecule has 4 rings (SSSR count). The summed E-state index contributed by atoms with van der Waals surface area (Å²) in [6.45, 7) is 11.8. The van der Waals surface area contributed by atoms with Crippen LogP contribution in [0.15, 0.2) is 23.1 Å². The van der Waals surface area contributed by atoms with Crippen molar-refractivity contribution in [3.8, 4) is 11.5 Å². The highest BCUT2D eigenvalue weighted by molar-refractivity contribution is 7.89. The van der Waals surface area contributed by atoms with E-state index < -0.39 is 10.0 Å². The van der Waals surface area contributed by atoms with E-state index in [9.17, 15) is 13.2 Å². The van der Waals surface area contributed by atoms with Gasteiger partial charge in [-0.1, -0.05) is 13.8 Å². The molecule has 33 heavy (non-hydrogen) atoms. The van der Waals surface area contributed by atoms with Gasteiger partial charge in [0.15, 0.2) is 11.5 Å². The third-order valence-electron chi connectivity index (χ3n) is 6.43. The number of carbonyl (C=O) groups excluding carboxylic acids is 1. The number of hydrogen-bond acceptors (Lipinski definition) is 7. The summed E-state index contributed by atoms with van der Waals surface area (Å²) in [6.07, 6.45) is 0.159. The average molecular weight is 482 g/mol. The number of ether oxygens (including phenoxy) is 3. The Hall–Kier alpha value is -1.88. The van der Waals surface area contributed by atoms with Crippen molar-refractivity contribution in [3.63, 3.8) is 0 Å². The van der Waals surface area contributed by atoms with Crippen LogP contribution in [-0.4, -0.2) is 99.2 Å². The summed E-state index contributed by atoms with van der Waals surface area (Å²) in [7, 11) is -3.68. The van der Waals surface area contributed by atoms with Gasteiger partial charge < -0.3 is 19.1 Å². The first-order valence-corrected chi connectivity index (χ1v) is 13.2. The number of nitrogens with zero attached hydrogens (tertiary/aromatic N) is 3. The molecule has 10 heteroatoms. The lowest BCUT2D eigenvalue weighted by atomic mass is 9.98. The van der Waals surface area contributed by atoms with Gasteiger partial charge in [0.05, 0.1) is 23.1 Å². The molecule has 0 saturated carbocycles. The SMILES string of the molecule is CC1CN(C(C(=O)N2CCN(S(=O)(=O)c3ccc4c(c3)OCCO4)CC2)C(C)C)CC(C)O1. The van der Waals surface area contributed by atoms with Gasteiger partial charge in [-0.25, -0.2) is 8.42 Å². The van der Waals surface area contributed by atoms with E-state index >= 15 is 0 Å². The molecule has 3 aliphatic heterocycles. The number of morpholine rings is 1. The van der Waals surface area contributed by atoms with Gasteiger partial charge in [-0.15, -0.1) is 0 Å². The van der Waals surface area contributed by atoms with Crippen LogP contribution >= 0.6 is 0 Å². The van der Waals surface area contributed by atoms with Crippen LogP contribution in [0.3, 0.4) is 0 Å². The Bertz CT molecular complexity index is 951. The van der Waals surface area contributed by atoms with E-state index in [1.54, 1.807) is 12.1 Å². The van der Waals surface area contributed by atoms with Crippen LogP contribution in [0, 0.1) is 5.92 Å². The van der Waals surface area contributed by atoms with Gasteiger partial charge in [-0.2, -0.15) is 4.31 Å². The van der Waals surface area contributed by atoms with Crippen molar-refractivity contribution in [2.75, 3.05) is 52.5 Å². The van der Waals surface area contributed by atoms with Crippen LogP contribution in [0.1, 0.15) is 27.7 Å². The van der Waals surface area contributed by atoms with E-state index in [-0.39, 0.29) is 48.1 Å². The summed E-state index contributed by atoms with van der Waals surface area (Å²) < 4.78 is 44.8. The molecule has 3 aliphatic rings. The predicted molar refractivity (Wildman–Crippen MR) is 123 cm³/mol. The lowest BCUT2D eigenvalue weighted by Crippen LogP contribution is -2.60. The molecular formula is C23H35N3O6S. The van der Waals surface area contributed by atoms with Gasteiger partial charge in [-0.05, 0) is 31.9 Å². The van der Waals surface area contributed by atoms with Crippen molar-refractivity contribution in [2.45, 2.75) is 50.8 Å². The molecule has 3 unspecified atom stereocenters. The molecule has 0 aromatic heterocycles. The summed E-state index contributed by atoms with van der Waals surface area (Å²) >= 11 is 0. The molecule has 1 aromatic rings. The molecule has 0 aliphatic carbocycles. The quantitative estimate of drug-likeness (QED) is 0.629. The fourth-order valence-electron chi connectivity index (χ4n) is 4.98. The minimum Gasteiger partial charge on any atom is -0.486 e. The Morgan fingerprint density at radius 3 is 2.18 bits per heavy atom. The van der Waals surface area contributed by atoms with Gasteiger partial charge in [0.1, 0.15) is 13.2 Å². The second-order valence-corrected chi connectivity index (χ2v) is 11.4. The maximum atomic E-state index is 13.5. The summed E-state index contributed by atoms with van der Waals surface area (Å²) in [5, 5.41) is 0. The Kier molecular flexibility index (Phi) is 7.18. The first-order chi connectivity index (χ1) is 15.7. The predicted octanol–water partition coefficient (Wildman–Crippen LogP) is 1.42. The van der Waals surface area contributed by atoms with Crippen molar-refractivity contribution >= 4 is 15.9 Å². The molecule has 3 heterocycles. The fourth-order valence-corrected chi connectivity index (χ4v) is 6.42. The highest BCUT2D eigenvalue weighted by atomic mass is 32.2. The number of piperazine rings is 1. The monoisotopic (exact) mass is 481 g/mol. The number of carbonyl (C=O) groups is 1. The molecule has 2 saturated heterocycles. The van der Waals surface area contributed by atoms with Crippen LogP contribution < -0.4 is 9.47 Å². The standard InChI is InChI=1S/C23H35N3O6S/c1-16(2)22(25-14-17(3)32-18(4)15-25)23(27)24-7-9-26(10-8-24)33(28,29)19-5-6-20-21(13-19)31-12-11-30-20/h5-6,13,16-18,22H,7-12,14-15H2,1-4H3. The Morgan fingerprint density at radius 1 is 0.970 bits per heavy atom. The van der Waals surface area contributed by atoms with Crippen molar-refractivity contribution in [1.82, 2.24) is 14.1 Å². The summed E-state index contributed by atoms with van der Waals surface area (Å²) in [4.78, 5) is 17.7. The number of fused-ring (bicyclic) bond motifs is 1. The number of hydrogen-bond donors (Lipinski definition) is 0. The smallest absolute Gasteiger partial charge is 0.243 e. The number of sulfonamides is 1. The second-order valence-electron chi connectivity index (χ2n) is 9.43. The largest absolute Gasteiger partial charge is 0.486 e. The van der Waals surface area contributed by atoms with Crippen LogP contribution in [0.25, 0.3) is 0 Å². The Morgan fingerprint density at radius 2 is 1.58 bits per heavy atom. The average Bonchev–Trinajstić information content (AvgIpc) is 2.78. The summed E-state index contributed by atoms with van der Waals surface area (Å²) in [5.41, 5.74) is 0. The van der Waals surface area contributed by atoms with Crippen molar-refractivity contribution in [1.29, 1.82) is 0 Å². The third kappa shape index (κ3) is 5.13. The molecule has 1 amide bonds. The summed E-state index contributed by atoms with van der Waals surface area (Å²) in [5.74, 6) is 1.23. The van der Waals surface area contributed by atoms with Crippen LogP contribution in [-0.2, 0) is 19.6 Å². The van der Waals surface area contributed by atoms with E-state index in [0.717, 1.165) is 13.1 Å². The van der Waals surface area contributed by atoms with Crippen molar-refractivity contribution in [3.05, 3.63) is 18.2 Å². The van der Waals surface area contributed by atoms with E-state index in [4.69, 9.17) is 14.2 Å². The van der Waals surface area contributed by atoms with Crippen LogP contribution in [0.4, 0.5) is 0 Å². The number of amides is 1. The molecule has 1 aromatic carbocycles. The van der Waals surface area contributed by atoms with Crippen LogP contribution in [0.5, 0.6) is 11.5 Å². The van der Waals surface area contributed by atoms with E-state index in [1.807, 2.05) is 18.7 Å². The molecule has 184 valence electrons. The van der Waals surface area contributed by atoms with Crippen molar-refractivity contribution < 1.29 is 27.4 Å². The Labute approximate surface area is 196 Å². The zero-order chi connectivity index (χ0) is 23.8. The molecule has 0 bridgehead atoms. The first-order valence-electron chi connectivity index (χ1n) is 11.7. The normalized spacial score (nSPS) is 25.8. The zero-order valence-electron chi connectivity index (χ0n) is 19.9. The topological polar surface area (TPSA) is 88.6 Å². The minimum absolute atomic E-state index is 0.0719. The third-order valence-corrected chi connectivity index (χ3v) is 8.32. The molecule has 3 atom stereocenters. The molecule has 2 fully saturated rings. The fraction of sp³-hybridized carbons (Fsp3) is 0.696. The molecular weight excluding hydrogens is 446 g/mol. The Balaban J connectivity index is 1.42. The highest BCUT2D eigenvalue weighted by Gasteiger charge is 2.38. The van der Waals surface area contributed by atoms with Gasteiger partial charge in [0.25, 0.3) is 0 Å². The maximum Gasteiger partial charge on any atom is 0.243 e. The highest BCUT2D eigenvalue weighted by Crippen LogP contribution is 2.33. The zero-order valence-corrected chi connectivity index (χ0v) is 20.7. The van der Waals surface area contributed by atoms with Crippen molar-refractivity contribution in [2.24, 2.45) is 5.92 Å². The van der Waals surface area contributed by atoms with Gasteiger partial charge in [0, 0.05) is 45.3 Å². The molecule has 9 nitrogen and oxygen atoms in total. The number of benzene rings is 1. The second kappa shape index (κ2) is 9.77. The molecule has 0 radical (unpaired) electrons. The lowest BCUT2D eigenvalue weighted by molar-refractivity contribution is -0.146. The maximum absolute atomic E-state index is 13.5. The van der Waals surface area contributed by atoms with Gasteiger partial charge in [0.2, 0.25) is 15.9 Å². The van der Waals surface area contributed by atoms with E-state index in [0.29, 0.717) is 37.8 Å². The molecule has 0 N–H and O–H groups in total. The van der Waals surface area contributed by atoms with Gasteiger partial charge in [-0.3, -0.25) is 9.69 Å². The van der Waals surface area contributed by atoms with Gasteiger partial charge >= 0.3 is 0 Å². The van der Waals surface area contributed by atoms with E-state index in [1.165, 1.54) is 10.4 Å². The van der Waals surface area contributed by atoms with E-state index in [2.05, 4.69) is 18.7 Å². The minimum atomic E-state index is -3.68. The first kappa shape index (κ1) is 24.3. The molecule has 0 spiro atoms. The summed E-state index contributed by atoms with van der Waals surface area (Å²) in [6, 6.07) is 4.48. The lowest BCUT2D eigenvalue weighted by Gasteiger charge is -2.43. The number of rotatable bonds is 5.